The lowest BCUT2D eigenvalue weighted by Gasteiger charge is -2.25. The first-order chi connectivity index (χ1) is 6.20. The number of hydrogen-bond donors (Lipinski definition) is 1. The van der Waals surface area contributed by atoms with E-state index in [1.807, 2.05) is 26.3 Å². The third kappa shape index (κ3) is 1.16. The molecule has 68 valence electrons. The molecule has 1 aliphatic rings. The van der Waals surface area contributed by atoms with Crippen molar-refractivity contribution in [1.82, 2.24) is 0 Å². The van der Waals surface area contributed by atoms with Crippen molar-refractivity contribution in [3.05, 3.63) is 23.3 Å². The molecule has 0 saturated heterocycles. The third-order valence-corrected chi connectivity index (χ3v) is 2.37. The van der Waals surface area contributed by atoms with E-state index in [0.717, 1.165) is 22.5 Å². The molecular weight excluding hydrogens is 162 g/mol. The maximum Gasteiger partial charge on any atom is 0.110 e. The first-order valence-electron chi connectivity index (χ1n) is 4.30. The van der Waals surface area contributed by atoms with Gasteiger partial charge in [-0.2, -0.15) is 0 Å². The second-order valence-electron chi connectivity index (χ2n) is 3.39. The van der Waals surface area contributed by atoms with Crippen LogP contribution in [0, 0.1) is 6.92 Å². The van der Waals surface area contributed by atoms with Gasteiger partial charge in [0.1, 0.15) is 6.67 Å². The Morgan fingerprint density at radius 1 is 1.46 bits per heavy atom. The number of anilines is 2. The van der Waals surface area contributed by atoms with Crippen LogP contribution in [-0.2, 0) is 0 Å². The van der Waals surface area contributed by atoms with Crippen LogP contribution in [0.5, 0.6) is 0 Å². The summed E-state index contributed by atoms with van der Waals surface area (Å²) in [5, 5.41) is 0. The van der Waals surface area contributed by atoms with E-state index in [-0.39, 0.29) is 0 Å². The average Bonchev–Trinajstić information content (AvgIpc) is 2.12. The molecule has 0 radical (unpaired) electrons. The van der Waals surface area contributed by atoms with Gasteiger partial charge in [0.25, 0.3) is 0 Å². The monoisotopic (exact) mass is 175 g/mol. The Hall–Kier alpha value is -1.51. The molecule has 2 N–H and O–H groups in total. The molecule has 0 atom stereocenters. The van der Waals surface area contributed by atoms with Crippen LogP contribution in [0.25, 0.3) is 0 Å². The molecule has 1 heterocycles. The summed E-state index contributed by atoms with van der Waals surface area (Å²) in [6, 6.07) is 4.08. The lowest BCUT2D eigenvalue weighted by atomic mass is 10.1. The predicted molar refractivity (Wildman–Crippen MR) is 56.5 cm³/mol. The second-order valence-corrected chi connectivity index (χ2v) is 3.39. The van der Waals surface area contributed by atoms with Crippen LogP contribution in [-0.4, -0.2) is 19.9 Å². The molecule has 0 aliphatic carbocycles. The van der Waals surface area contributed by atoms with Crippen molar-refractivity contribution < 1.29 is 0 Å². The number of aryl methyl sites for hydroxylation is 1. The van der Waals surface area contributed by atoms with Gasteiger partial charge < -0.3 is 10.6 Å². The molecule has 0 unspecified atom stereocenters. The summed E-state index contributed by atoms with van der Waals surface area (Å²) in [5.41, 5.74) is 10.2. The number of benzene rings is 1. The largest absolute Gasteiger partial charge is 0.397 e. The highest BCUT2D eigenvalue weighted by Gasteiger charge is 2.14. The minimum absolute atomic E-state index is 0.695. The molecule has 0 fully saturated rings. The van der Waals surface area contributed by atoms with Gasteiger partial charge in [0.05, 0.1) is 11.4 Å². The minimum atomic E-state index is 0.695. The molecule has 1 aliphatic heterocycles. The molecule has 0 saturated carbocycles. The second kappa shape index (κ2) is 2.76. The number of fused-ring (bicyclic) bond motifs is 1. The summed E-state index contributed by atoms with van der Waals surface area (Å²) in [5.74, 6) is 0. The Balaban J connectivity index is 2.66. The molecule has 13 heavy (non-hydrogen) atoms. The van der Waals surface area contributed by atoms with Crippen molar-refractivity contribution in [2.45, 2.75) is 6.92 Å². The molecule has 0 amide bonds. The Bertz CT molecular complexity index is 369. The van der Waals surface area contributed by atoms with Crippen LogP contribution in [0.2, 0.25) is 0 Å². The fourth-order valence-corrected chi connectivity index (χ4v) is 1.59. The summed E-state index contributed by atoms with van der Waals surface area (Å²) in [6.45, 7) is 2.72. The molecule has 2 rings (SSSR count). The molecular formula is C10H13N3. The van der Waals surface area contributed by atoms with Crippen LogP contribution in [0.15, 0.2) is 17.1 Å². The van der Waals surface area contributed by atoms with Gasteiger partial charge in [0, 0.05) is 18.8 Å². The Kier molecular flexibility index (Phi) is 1.72. The van der Waals surface area contributed by atoms with Crippen molar-refractivity contribution in [1.29, 1.82) is 0 Å². The molecule has 0 bridgehead atoms. The summed E-state index contributed by atoms with van der Waals surface area (Å²) in [6.07, 6.45) is 1.88. The van der Waals surface area contributed by atoms with E-state index in [1.54, 1.807) is 0 Å². The highest BCUT2D eigenvalue weighted by atomic mass is 15.2. The highest BCUT2D eigenvalue weighted by Crippen LogP contribution is 2.30. The Labute approximate surface area is 77.9 Å². The van der Waals surface area contributed by atoms with Crippen LogP contribution in [0.4, 0.5) is 11.4 Å². The normalized spacial score (nSPS) is 14.5. The van der Waals surface area contributed by atoms with Crippen LogP contribution in [0.3, 0.4) is 0 Å². The van der Waals surface area contributed by atoms with E-state index in [0.29, 0.717) is 6.67 Å². The topological polar surface area (TPSA) is 41.6 Å². The first-order valence-corrected chi connectivity index (χ1v) is 4.30. The first kappa shape index (κ1) is 8.10. The zero-order valence-corrected chi connectivity index (χ0v) is 7.91. The number of aliphatic imine (C=N–C) groups is 1. The van der Waals surface area contributed by atoms with E-state index >= 15 is 0 Å². The van der Waals surface area contributed by atoms with Crippen molar-refractivity contribution >= 4 is 17.6 Å². The number of nitrogen functional groups attached to an aromatic ring is 1. The summed E-state index contributed by atoms with van der Waals surface area (Å²) >= 11 is 0. The van der Waals surface area contributed by atoms with Gasteiger partial charge in [-0.1, -0.05) is 12.1 Å². The van der Waals surface area contributed by atoms with Crippen molar-refractivity contribution in [2.24, 2.45) is 4.99 Å². The molecule has 0 aromatic heterocycles. The maximum atomic E-state index is 5.99. The van der Waals surface area contributed by atoms with Gasteiger partial charge in [-0.05, 0) is 12.5 Å². The predicted octanol–water partition coefficient (Wildman–Crippen LogP) is 1.40. The summed E-state index contributed by atoms with van der Waals surface area (Å²) < 4.78 is 0. The van der Waals surface area contributed by atoms with Gasteiger partial charge in [-0.25, -0.2) is 0 Å². The number of nitrogens with two attached hydrogens (primary N) is 1. The molecule has 0 spiro atoms. The molecule has 3 heteroatoms. The van der Waals surface area contributed by atoms with Gasteiger partial charge in [-0.3, -0.25) is 4.99 Å². The zero-order valence-electron chi connectivity index (χ0n) is 7.91. The molecule has 3 nitrogen and oxygen atoms in total. The Morgan fingerprint density at radius 3 is 3.00 bits per heavy atom. The standard InChI is InChI=1S/C10H13N3/c1-7-3-4-8-5-12-6-13(2)10(8)9(7)11/h3-5H,6,11H2,1-2H3. The van der Waals surface area contributed by atoms with Crippen LogP contribution >= 0.6 is 0 Å². The van der Waals surface area contributed by atoms with Crippen molar-refractivity contribution in [3.8, 4) is 0 Å². The van der Waals surface area contributed by atoms with E-state index in [1.165, 1.54) is 0 Å². The SMILES string of the molecule is Cc1ccc2c(c1N)N(C)CN=C2. The van der Waals surface area contributed by atoms with E-state index in [9.17, 15) is 0 Å². The van der Waals surface area contributed by atoms with Gasteiger partial charge in [0.15, 0.2) is 0 Å². The minimum Gasteiger partial charge on any atom is -0.397 e. The number of nitrogens with zero attached hydrogens (tertiary/aromatic N) is 2. The average molecular weight is 175 g/mol. The zero-order chi connectivity index (χ0) is 9.42. The highest BCUT2D eigenvalue weighted by molar-refractivity contribution is 5.95. The van der Waals surface area contributed by atoms with E-state index in [2.05, 4.69) is 16.0 Å². The van der Waals surface area contributed by atoms with Crippen molar-refractivity contribution in [2.75, 3.05) is 24.3 Å². The third-order valence-electron chi connectivity index (χ3n) is 2.37. The smallest absolute Gasteiger partial charge is 0.110 e. The quantitative estimate of drug-likeness (QED) is 0.606. The summed E-state index contributed by atoms with van der Waals surface area (Å²) in [4.78, 5) is 6.28. The van der Waals surface area contributed by atoms with E-state index < -0.39 is 0 Å². The number of hydrogen-bond acceptors (Lipinski definition) is 3. The van der Waals surface area contributed by atoms with Crippen LogP contribution < -0.4 is 10.6 Å². The van der Waals surface area contributed by atoms with E-state index in [4.69, 9.17) is 5.73 Å². The lowest BCUT2D eigenvalue weighted by Crippen LogP contribution is -2.23. The number of rotatable bonds is 0. The fourth-order valence-electron chi connectivity index (χ4n) is 1.59. The van der Waals surface area contributed by atoms with Gasteiger partial charge >= 0.3 is 0 Å². The van der Waals surface area contributed by atoms with Gasteiger partial charge in [-0.15, -0.1) is 0 Å². The maximum absolute atomic E-state index is 5.99. The Morgan fingerprint density at radius 2 is 2.23 bits per heavy atom. The molecule has 1 aromatic carbocycles. The lowest BCUT2D eigenvalue weighted by molar-refractivity contribution is 0.924. The van der Waals surface area contributed by atoms with Gasteiger partial charge in [0.2, 0.25) is 0 Å². The summed E-state index contributed by atoms with van der Waals surface area (Å²) in [7, 11) is 2.01. The van der Waals surface area contributed by atoms with Crippen LogP contribution in [0.1, 0.15) is 11.1 Å². The molecule has 1 aromatic rings. The fraction of sp³-hybridized carbons (Fsp3) is 0.300. The van der Waals surface area contributed by atoms with Crippen molar-refractivity contribution in [3.63, 3.8) is 0 Å².